The number of aryl methyl sites for hydroxylation is 1. The van der Waals surface area contributed by atoms with Gasteiger partial charge in [-0.15, -0.1) is 0 Å². The molecule has 0 bridgehead atoms. The van der Waals surface area contributed by atoms with Crippen LogP contribution in [-0.2, 0) is 10.0 Å². The van der Waals surface area contributed by atoms with Gasteiger partial charge >= 0.3 is 0 Å². The van der Waals surface area contributed by atoms with Crippen molar-refractivity contribution in [3.8, 4) is 0 Å². The lowest BCUT2D eigenvalue weighted by molar-refractivity contribution is 0.0949. The predicted molar refractivity (Wildman–Crippen MR) is 112 cm³/mol. The molecule has 0 radical (unpaired) electrons. The number of rotatable bonds is 9. The Morgan fingerprint density at radius 2 is 1.79 bits per heavy atom. The highest BCUT2D eigenvalue weighted by molar-refractivity contribution is 7.89. The molecule has 1 aromatic rings. The maximum atomic E-state index is 12.8. The van der Waals surface area contributed by atoms with Gasteiger partial charge in [0.1, 0.15) is 0 Å². The molecule has 1 fully saturated rings. The summed E-state index contributed by atoms with van der Waals surface area (Å²) >= 11 is 0. The largest absolute Gasteiger partial charge is 0.352 e. The first-order valence-corrected chi connectivity index (χ1v) is 11.5. The summed E-state index contributed by atoms with van der Waals surface area (Å²) in [5, 5.41) is 2.92. The average Bonchev–Trinajstić information content (AvgIpc) is 2.67. The fourth-order valence-electron chi connectivity index (χ4n) is 3.40. The second kappa shape index (κ2) is 10.3. The van der Waals surface area contributed by atoms with Crippen LogP contribution in [0.3, 0.4) is 0 Å². The third-order valence-corrected chi connectivity index (χ3v) is 7.50. The Balaban J connectivity index is 1.95. The van der Waals surface area contributed by atoms with E-state index in [2.05, 4.69) is 22.2 Å². The van der Waals surface area contributed by atoms with Crippen molar-refractivity contribution in [1.82, 2.24) is 19.4 Å². The number of nitrogens with one attached hydrogen (secondary N) is 1. The van der Waals surface area contributed by atoms with Gasteiger partial charge in [0.05, 0.1) is 4.90 Å². The van der Waals surface area contributed by atoms with Gasteiger partial charge in [-0.05, 0) is 44.6 Å². The number of carbonyl (C=O) groups excluding carboxylic acids is 1. The first-order chi connectivity index (χ1) is 13.3. The molecule has 7 nitrogen and oxygen atoms in total. The lowest BCUT2D eigenvalue weighted by Gasteiger charge is -2.32. The minimum Gasteiger partial charge on any atom is -0.352 e. The van der Waals surface area contributed by atoms with Crippen LogP contribution in [-0.4, -0.2) is 87.8 Å². The first-order valence-electron chi connectivity index (χ1n) is 10.1. The zero-order valence-corrected chi connectivity index (χ0v) is 18.4. The Kier molecular flexibility index (Phi) is 8.42. The van der Waals surface area contributed by atoms with Crippen molar-refractivity contribution in [2.75, 3.05) is 59.4 Å². The maximum absolute atomic E-state index is 12.8. The van der Waals surface area contributed by atoms with E-state index in [4.69, 9.17) is 0 Å². The zero-order valence-electron chi connectivity index (χ0n) is 17.6. The minimum atomic E-state index is -3.59. The smallest absolute Gasteiger partial charge is 0.251 e. The third kappa shape index (κ3) is 5.76. The van der Waals surface area contributed by atoms with Gasteiger partial charge < -0.3 is 15.1 Å². The molecule has 2 rings (SSSR count). The molecule has 28 heavy (non-hydrogen) atoms. The van der Waals surface area contributed by atoms with Crippen molar-refractivity contribution in [3.63, 3.8) is 0 Å². The summed E-state index contributed by atoms with van der Waals surface area (Å²) in [5.41, 5.74) is 1.04. The van der Waals surface area contributed by atoms with Crippen LogP contribution >= 0.6 is 0 Å². The summed E-state index contributed by atoms with van der Waals surface area (Å²) in [7, 11) is -1.46. The van der Waals surface area contributed by atoms with E-state index in [1.807, 2.05) is 13.8 Å². The Morgan fingerprint density at radius 3 is 2.39 bits per heavy atom. The normalized spacial score (nSPS) is 16.5. The Bertz CT molecular complexity index is 755. The number of nitrogens with zero attached hydrogens (tertiary/aromatic N) is 3. The number of amides is 1. The molecule has 1 heterocycles. The van der Waals surface area contributed by atoms with Crippen molar-refractivity contribution >= 4 is 15.9 Å². The average molecular weight is 411 g/mol. The number of sulfonamides is 1. The van der Waals surface area contributed by atoms with Gasteiger partial charge in [0.25, 0.3) is 5.91 Å². The highest BCUT2D eigenvalue weighted by Gasteiger charge is 2.24. The van der Waals surface area contributed by atoms with Crippen LogP contribution in [0.1, 0.15) is 36.2 Å². The number of carbonyl (C=O) groups is 1. The second-order valence-corrected chi connectivity index (χ2v) is 9.23. The molecule has 158 valence electrons. The highest BCUT2D eigenvalue weighted by atomic mass is 32.2. The molecule has 8 heteroatoms. The molecule has 1 saturated heterocycles. The lowest BCUT2D eigenvalue weighted by Crippen LogP contribution is -2.45. The minimum absolute atomic E-state index is 0.210. The molecule has 0 spiro atoms. The highest BCUT2D eigenvalue weighted by Crippen LogP contribution is 2.21. The standard InChI is InChI=1S/C20H34N4O3S/c1-5-24(6-2)28(26,27)19-16-18(9-8-17(19)3)20(25)21-10-7-11-23-14-12-22(4)13-15-23/h8-9,16H,5-7,10-15H2,1-4H3,(H,21,25). The molecule has 0 unspecified atom stereocenters. The molecule has 1 amide bonds. The second-order valence-electron chi connectivity index (χ2n) is 7.32. The van der Waals surface area contributed by atoms with Gasteiger partial charge in [-0.25, -0.2) is 8.42 Å². The summed E-state index contributed by atoms with van der Waals surface area (Å²) in [6.45, 7) is 12.0. The maximum Gasteiger partial charge on any atom is 0.251 e. The predicted octanol–water partition coefficient (Wildman–Crippen LogP) is 1.39. The molecule has 0 atom stereocenters. The number of piperazine rings is 1. The van der Waals surface area contributed by atoms with Crippen LogP contribution in [0.5, 0.6) is 0 Å². The topological polar surface area (TPSA) is 73.0 Å². The van der Waals surface area contributed by atoms with Crippen LogP contribution in [0.2, 0.25) is 0 Å². The summed E-state index contributed by atoms with van der Waals surface area (Å²) in [6.07, 6.45) is 0.881. The van der Waals surface area contributed by atoms with Crippen LogP contribution in [0.15, 0.2) is 23.1 Å². The van der Waals surface area contributed by atoms with E-state index >= 15 is 0 Å². The van der Waals surface area contributed by atoms with Crippen LogP contribution < -0.4 is 5.32 Å². The molecule has 0 saturated carbocycles. The van der Waals surface area contributed by atoms with Gasteiger partial charge in [-0.1, -0.05) is 19.9 Å². The Labute approximate surface area is 169 Å². The van der Waals surface area contributed by atoms with Crippen molar-refractivity contribution in [2.24, 2.45) is 0 Å². The van der Waals surface area contributed by atoms with Crippen LogP contribution in [0.25, 0.3) is 0 Å². The molecule has 1 aliphatic heterocycles. The summed E-state index contributed by atoms with van der Waals surface area (Å²) in [6, 6.07) is 4.89. The van der Waals surface area contributed by atoms with Gasteiger partial charge in [-0.3, -0.25) is 4.79 Å². The molecule has 0 aromatic heterocycles. The van der Waals surface area contributed by atoms with Gasteiger partial charge in [-0.2, -0.15) is 4.31 Å². The fraction of sp³-hybridized carbons (Fsp3) is 0.650. The molecule has 1 aromatic carbocycles. The van der Waals surface area contributed by atoms with Crippen molar-refractivity contribution in [1.29, 1.82) is 0 Å². The van der Waals surface area contributed by atoms with Gasteiger partial charge in [0, 0.05) is 51.4 Å². The molecular weight excluding hydrogens is 376 g/mol. The summed E-state index contributed by atoms with van der Waals surface area (Å²) < 4.78 is 27.1. The fourth-order valence-corrected chi connectivity index (χ4v) is 5.11. The lowest BCUT2D eigenvalue weighted by atomic mass is 10.1. The monoisotopic (exact) mass is 410 g/mol. The Morgan fingerprint density at radius 1 is 1.14 bits per heavy atom. The van der Waals surface area contributed by atoms with E-state index in [9.17, 15) is 13.2 Å². The Hall–Kier alpha value is -1.48. The van der Waals surface area contributed by atoms with Gasteiger partial charge in [0.15, 0.2) is 0 Å². The number of hydrogen-bond donors (Lipinski definition) is 1. The van der Waals surface area contributed by atoms with E-state index in [1.54, 1.807) is 19.1 Å². The van der Waals surface area contributed by atoms with E-state index in [0.717, 1.165) is 39.1 Å². The van der Waals surface area contributed by atoms with Crippen molar-refractivity contribution in [2.45, 2.75) is 32.1 Å². The van der Waals surface area contributed by atoms with E-state index in [1.165, 1.54) is 10.4 Å². The number of likely N-dealkylation sites (N-methyl/N-ethyl adjacent to an activating group) is 1. The number of benzene rings is 1. The third-order valence-electron chi connectivity index (χ3n) is 5.31. The van der Waals surface area contributed by atoms with Gasteiger partial charge in [0.2, 0.25) is 10.0 Å². The summed E-state index contributed by atoms with van der Waals surface area (Å²) in [4.78, 5) is 17.4. The first kappa shape index (κ1) is 22.8. The van der Waals surface area contributed by atoms with Crippen LogP contribution in [0, 0.1) is 6.92 Å². The van der Waals surface area contributed by atoms with E-state index in [-0.39, 0.29) is 10.8 Å². The molecule has 1 aliphatic rings. The van der Waals surface area contributed by atoms with E-state index in [0.29, 0.717) is 30.8 Å². The molecule has 0 aliphatic carbocycles. The molecule has 1 N–H and O–H groups in total. The van der Waals surface area contributed by atoms with E-state index < -0.39 is 10.0 Å². The zero-order chi connectivity index (χ0) is 20.7. The summed E-state index contributed by atoms with van der Waals surface area (Å²) in [5.74, 6) is -0.227. The molecular formula is C20H34N4O3S. The SMILES string of the molecule is CCN(CC)S(=O)(=O)c1cc(C(=O)NCCCN2CCN(C)CC2)ccc1C. The quantitative estimate of drug-likeness (QED) is 0.623. The van der Waals surface area contributed by atoms with Crippen LogP contribution in [0.4, 0.5) is 0 Å². The van der Waals surface area contributed by atoms with Crippen molar-refractivity contribution in [3.05, 3.63) is 29.3 Å². The van der Waals surface area contributed by atoms with Crippen molar-refractivity contribution < 1.29 is 13.2 Å². The number of hydrogen-bond acceptors (Lipinski definition) is 5.